The van der Waals surface area contributed by atoms with Crippen molar-refractivity contribution in [3.63, 3.8) is 0 Å². The van der Waals surface area contributed by atoms with Gasteiger partial charge in [-0.2, -0.15) is 0 Å². The molecular weight excluding hydrogens is 237 g/mol. The van der Waals surface area contributed by atoms with Crippen molar-refractivity contribution < 1.29 is 0 Å². The van der Waals surface area contributed by atoms with Gasteiger partial charge in [-0.25, -0.2) is 0 Å². The average Bonchev–Trinajstić information content (AvgIpc) is 1.91. The van der Waals surface area contributed by atoms with Crippen molar-refractivity contribution in [2.24, 2.45) is 5.73 Å². The Hall–Kier alpha value is 0.430. The highest BCUT2D eigenvalue weighted by atomic mass is 127. The molecule has 60 valence electrons. The first kappa shape index (κ1) is 10.4. The number of halogens is 1. The van der Waals surface area contributed by atoms with Crippen molar-refractivity contribution in [2.45, 2.75) is 32.1 Å². The van der Waals surface area contributed by atoms with E-state index in [9.17, 15) is 0 Å². The minimum atomic E-state index is 0. The molecule has 0 bridgehead atoms. The van der Waals surface area contributed by atoms with Crippen LogP contribution in [0, 0.1) is 0 Å². The fraction of sp³-hybridized carbons (Fsp3) is 0.750. The zero-order chi connectivity index (χ0) is 6.53. The highest BCUT2D eigenvalue weighted by molar-refractivity contribution is 14.0. The predicted molar refractivity (Wildman–Crippen MR) is 55.6 cm³/mol. The summed E-state index contributed by atoms with van der Waals surface area (Å²) >= 11 is 0. The Morgan fingerprint density at radius 2 is 2.20 bits per heavy atom. The van der Waals surface area contributed by atoms with Gasteiger partial charge in [-0.05, 0) is 38.6 Å². The summed E-state index contributed by atoms with van der Waals surface area (Å²) < 4.78 is 0. The fourth-order valence-corrected chi connectivity index (χ4v) is 1.32. The van der Waals surface area contributed by atoms with E-state index in [0.29, 0.717) is 0 Å². The molecule has 0 unspecified atom stereocenters. The number of allylic oxidation sites excluding steroid dienone is 1. The van der Waals surface area contributed by atoms with Crippen LogP contribution in [0.2, 0.25) is 0 Å². The minimum Gasteiger partial charge on any atom is -0.330 e. The van der Waals surface area contributed by atoms with Crippen LogP contribution in [0.3, 0.4) is 0 Å². The predicted octanol–water partition coefficient (Wildman–Crippen LogP) is 2.45. The van der Waals surface area contributed by atoms with E-state index >= 15 is 0 Å². The van der Waals surface area contributed by atoms with Crippen molar-refractivity contribution >= 4 is 24.0 Å². The molecular formula is C8H16IN. The van der Waals surface area contributed by atoms with Crippen LogP contribution in [0.1, 0.15) is 32.1 Å². The molecule has 1 nitrogen and oxygen atoms in total. The van der Waals surface area contributed by atoms with E-state index in [0.717, 1.165) is 13.0 Å². The Bertz CT molecular complexity index is 110. The molecule has 0 saturated heterocycles. The Labute approximate surface area is 80.1 Å². The maximum atomic E-state index is 5.42. The lowest BCUT2D eigenvalue weighted by Crippen LogP contribution is -2.02. The first-order valence-corrected chi connectivity index (χ1v) is 3.81. The van der Waals surface area contributed by atoms with Gasteiger partial charge in [-0.1, -0.05) is 11.6 Å². The molecule has 1 aliphatic rings. The smallest absolute Gasteiger partial charge is 0.00399 e. The summed E-state index contributed by atoms with van der Waals surface area (Å²) in [6.45, 7) is 0.825. The van der Waals surface area contributed by atoms with Crippen LogP contribution < -0.4 is 5.73 Å². The molecule has 2 heteroatoms. The zero-order valence-corrected chi connectivity index (χ0v) is 8.64. The molecule has 0 radical (unpaired) electrons. The second-order valence-corrected chi connectivity index (χ2v) is 2.65. The highest BCUT2D eigenvalue weighted by Gasteiger charge is 2.00. The molecule has 0 heterocycles. The third kappa shape index (κ3) is 3.56. The Balaban J connectivity index is 0.000000810. The monoisotopic (exact) mass is 253 g/mol. The molecule has 0 aromatic heterocycles. The van der Waals surface area contributed by atoms with Crippen LogP contribution >= 0.6 is 24.0 Å². The summed E-state index contributed by atoms with van der Waals surface area (Å²) in [4.78, 5) is 0. The topological polar surface area (TPSA) is 26.0 Å². The van der Waals surface area contributed by atoms with Gasteiger partial charge in [-0.3, -0.25) is 0 Å². The minimum absolute atomic E-state index is 0. The summed E-state index contributed by atoms with van der Waals surface area (Å²) in [7, 11) is 0. The van der Waals surface area contributed by atoms with E-state index in [2.05, 4.69) is 6.08 Å². The molecule has 0 spiro atoms. The normalized spacial score (nSPS) is 17.5. The van der Waals surface area contributed by atoms with E-state index in [1.807, 2.05) is 0 Å². The van der Waals surface area contributed by atoms with Crippen molar-refractivity contribution in [3.8, 4) is 0 Å². The van der Waals surface area contributed by atoms with E-state index in [1.54, 1.807) is 5.57 Å². The van der Waals surface area contributed by atoms with Gasteiger partial charge in [0, 0.05) is 0 Å². The molecule has 0 saturated carbocycles. The van der Waals surface area contributed by atoms with E-state index in [-0.39, 0.29) is 24.0 Å². The summed E-state index contributed by atoms with van der Waals surface area (Å²) in [5.41, 5.74) is 7.01. The number of hydrogen-bond acceptors (Lipinski definition) is 1. The standard InChI is InChI=1S/C8H15N.HI/c9-7-6-8-4-2-1-3-5-8;/h4H,1-3,5-7,9H2;1H. The maximum Gasteiger partial charge on any atom is -0.00399 e. The number of rotatable bonds is 2. The summed E-state index contributed by atoms with van der Waals surface area (Å²) in [6.07, 6.45) is 8.84. The zero-order valence-electron chi connectivity index (χ0n) is 6.31. The fourth-order valence-electron chi connectivity index (χ4n) is 1.32. The lowest BCUT2D eigenvalue weighted by molar-refractivity contribution is 0.676. The van der Waals surface area contributed by atoms with Crippen LogP contribution in [-0.2, 0) is 0 Å². The lowest BCUT2D eigenvalue weighted by atomic mass is 9.97. The van der Waals surface area contributed by atoms with Crippen LogP contribution in [0.25, 0.3) is 0 Å². The second-order valence-electron chi connectivity index (χ2n) is 2.65. The third-order valence-electron chi connectivity index (χ3n) is 1.85. The van der Waals surface area contributed by atoms with Gasteiger partial charge in [0.15, 0.2) is 0 Å². The van der Waals surface area contributed by atoms with Crippen molar-refractivity contribution in [2.75, 3.05) is 6.54 Å². The molecule has 0 aromatic carbocycles. The quantitative estimate of drug-likeness (QED) is 0.593. The number of hydrogen-bond donors (Lipinski definition) is 1. The van der Waals surface area contributed by atoms with E-state index < -0.39 is 0 Å². The highest BCUT2D eigenvalue weighted by Crippen LogP contribution is 2.18. The van der Waals surface area contributed by atoms with Crippen molar-refractivity contribution in [1.82, 2.24) is 0 Å². The molecule has 0 aromatic rings. The maximum absolute atomic E-state index is 5.42. The summed E-state index contributed by atoms with van der Waals surface area (Å²) in [5.74, 6) is 0. The van der Waals surface area contributed by atoms with Gasteiger partial charge >= 0.3 is 0 Å². The molecule has 0 fully saturated rings. The number of nitrogens with two attached hydrogens (primary N) is 1. The second kappa shape index (κ2) is 6.16. The van der Waals surface area contributed by atoms with E-state index in [1.165, 1.54) is 25.7 Å². The van der Waals surface area contributed by atoms with Gasteiger partial charge in [0.1, 0.15) is 0 Å². The first-order valence-electron chi connectivity index (χ1n) is 3.81. The molecule has 1 rings (SSSR count). The molecule has 1 aliphatic carbocycles. The van der Waals surface area contributed by atoms with Crippen molar-refractivity contribution in [3.05, 3.63) is 11.6 Å². The molecule has 0 aliphatic heterocycles. The van der Waals surface area contributed by atoms with Gasteiger partial charge in [0.05, 0.1) is 0 Å². The van der Waals surface area contributed by atoms with Crippen LogP contribution in [0.5, 0.6) is 0 Å². The van der Waals surface area contributed by atoms with Crippen LogP contribution in [0.15, 0.2) is 11.6 Å². The largest absolute Gasteiger partial charge is 0.330 e. The molecule has 10 heavy (non-hydrogen) atoms. The summed E-state index contributed by atoms with van der Waals surface area (Å²) in [5, 5.41) is 0. The Morgan fingerprint density at radius 3 is 2.70 bits per heavy atom. The van der Waals surface area contributed by atoms with Crippen LogP contribution in [0.4, 0.5) is 0 Å². The van der Waals surface area contributed by atoms with Crippen LogP contribution in [-0.4, -0.2) is 6.54 Å². The average molecular weight is 253 g/mol. The lowest BCUT2D eigenvalue weighted by Gasteiger charge is -2.10. The molecule has 0 amide bonds. The van der Waals surface area contributed by atoms with E-state index in [4.69, 9.17) is 5.73 Å². The Morgan fingerprint density at radius 1 is 1.40 bits per heavy atom. The molecule has 0 atom stereocenters. The van der Waals surface area contributed by atoms with Gasteiger partial charge in [0.25, 0.3) is 0 Å². The van der Waals surface area contributed by atoms with Gasteiger partial charge in [0.2, 0.25) is 0 Å². The Kier molecular flexibility index (Phi) is 6.43. The first-order chi connectivity index (χ1) is 4.43. The van der Waals surface area contributed by atoms with Gasteiger partial charge in [-0.15, -0.1) is 24.0 Å². The SMILES string of the molecule is I.NCCC1=CCCCC1. The molecule has 2 N–H and O–H groups in total. The summed E-state index contributed by atoms with van der Waals surface area (Å²) in [6, 6.07) is 0. The third-order valence-corrected chi connectivity index (χ3v) is 1.85. The van der Waals surface area contributed by atoms with Crippen molar-refractivity contribution in [1.29, 1.82) is 0 Å². The van der Waals surface area contributed by atoms with Gasteiger partial charge < -0.3 is 5.73 Å².